The Balaban J connectivity index is 0.00000139. The Morgan fingerprint density at radius 1 is 1.08 bits per heavy atom. The SMILES string of the molecule is C=Cc1cccc(P(=O)(OC(C)C)c2ccncc2)c1C=C.C=O. The summed E-state index contributed by atoms with van der Waals surface area (Å²) < 4.78 is 19.6. The Hall–Kier alpha value is -2.29. The molecule has 0 fully saturated rings. The number of aromatic nitrogens is 1. The summed E-state index contributed by atoms with van der Waals surface area (Å²) in [4.78, 5) is 12.0. The zero-order valence-electron chi connectivity index (χ0n) is 14.0. The van der Waals surface area contributed by atoms with Gasteiger partial charge in [0.1, 0.15) is 6.79 Å². The van der Waals surface area contributed by atoms with Crippen LogP contribution in [-0.4, -0.2) is 17.9 Å². The van der Waals surface area contributed by atoms with Crippen molar-refractivity contribution < 1.29 is 13.9 Å². The molecule has 0 saturated carbocycles. The summed E-state index contributed by atoms with van der Waals surface area (Å²) in [6.45, 7) is 13.4. The molecule has 0 aliphatic heterocycles. The minimum Gasteiger partial charge on any atom is -0.319 e. The zero-order valence-corrected chi connectivity index (χ0v) is 14.9. The van der Waals surface area contributed by atoms with E-state index in [0.717, 1.165) is 11.1 Å². The zero-order chi connectivity index (χ0) is 18.2. The highest BCUT2D eigenvalue weighted by Gasteiger charge is 2.32. The predicted molar refractivity (Wildman–Crippen MR) is 101 cm³/mol. The highest BCUT2D eigenvalue weighted by atomic mass is 31.2. The van der Waals surface area contributed by atoms with Crippen LogP contribution < -0.4 is 10.6 Å². The van der Waals surface area contributed by atoms with Crippen LogP contribution >= 0.6 is 7.37 Å². The number of hydrogen-bond donors (Lipinski definition) is 0. The number of pyridine rings is 1. The third-order valence-corrected chi connectivity index (χ3v) is 5.94. The van der Waals surface area contributed by atoms with Gasteiger partial charge >= 0.3 is 0 Å². The predicted octanol–water partition coefficient (Wildman–Crippen LogP) is 3.84. The van der Waals surface area contributed by atoms with E-state index in [0.29, 0.717) is 10.6 Å². The quantitative estimate of drug-likeness (QED) is 0.748. The average Bonchev–Trinajstić information content (AvgIpc) is 2.62. The van der Waals surface area contributed by atoms with Crippen LogP contribution in [0.2, 0.25) is 0 Å². The lowest BCUT2D eigenvalue weighted by Crippen LogP contribution is -2.23. The topological polar surface area (TPSA) is 56.3 Å². The van der Waals surface area contributed by atoms with Crippen molar-refractivity contribution in [1.82, 2.24) is 4.98 Å². The largest absolute Gasteiger partial charge is 0.319 e. The third-order valence-electron chi connectivity index (χ3n) is 3.22. The maximum absolute atomic E-state index is 13.7. The maximum atomic E-state index is 13.7. The van der Waals surface area contributed by atoms with Gasteiger partial charge in [0.15, 0.2) is 0 Å². The van der Waals surface area contributed by atoms with E-state index in [1.165, 1.54) is 0 Å². The van der Waals surface area contributed by atoms with E-state index in [2.05, 4.69) is 18.1 Å². The van der Waals surface area contributed by atoms with Crippen molar-refractivity contribution in [2.75, 3.05) is 0 Å². The number of carbonyl (C=O) groups is 1. The maximum Gasteiger partial charge on any atom is 0.262 e. The van der Waals surface area contributed by atoms with Crippen molar-refractivity contribution in [3.63, 3.8) is 0 Å². The normalized spacial score (nSPS) is 12.6. The fourth-order valence-electron chi connectivity index (χ4n) is 2.32. The van der Waals surface area contributed by atoms with Crippen molar-refractivity contribution in [3.8, 4) is 0 Å². The van der Waals surface area contributed by atoms with E-state index < -0.39 is 7.37 Å². The third kappa shape index (κ3) is 4.16. The van der Waals surface area contributed by atoms with Gasteiger partial charge in [0, 0.05) is 23.0 Å². The number of benzene rings is 1. The molecule has 0 bridgehead atoms. The second-order valence-electron chi connectivity index (χ2n) is 5.10. The van der Waals surface area contributed by atoms with Crippen molar-refractivity contribution >= 4 is 36.9 Å². The van der Waals surface area contributed by atoms with Crippen LogP contribution in [0.15, 0.2) is 55.9 Å². The van der Waals surface area contributed by atoms with Gasteiger partial charge in [-0.2, -0.15) is 0 Å². The second kappa shape index (κ2) is 9.11. The first-order chi connectivity index (χ1) is 11.5. The van der Waals surface area contributed by atoms with Crippen molar-refractivity contribution in [3.05, 3.63) is 67.0 Å². The first kappa shape index (κ1) is 19.8. The number of nitrogens with zero attached hydrogens (tertiary/aromatic N) is 1. The Bertz CT molecular complexity index is 742. The average molecular weight is 343 g/mol. The van der Waals surface area contributed by atoms with Gasteiger partial charge in [0.05, 0.1) is 6.10 Å². The minimum absolute atomic E-state index is 0.177. The molecule has 0 radical (unpaired) electrons. The highest BCUT2D eigenvalue weighted by Crippen LogP contribution is 2.47. The summed E-state index contributed by atoms with van der Waals surface area (Å²) in [5.74, 6) is 0. The standard InChI is InChI=1S/C18H20NO2P.CH2O/c1-5-15-8-7-9-18(17(15)6-2)22(20,21-14(3)4)16-10-12-19-13-11-16;1-2/h5-14H,1-2H2,3-4H3;1H2. The van der Waals surface area contributed by atoms with E-state index in [1.54, 1.807) is 36.7 Å². The van der Waals surface area contributed by atoms with E-state index in [4.69, 9.17) is 9.32 Å². The van der Waals surface area contributed by atoms with Crippen molar-refractivity contribution in [1.29, 1.82) is 0 Å². The van der Waals surface area contributed by atoms with Crippen LogP contribution in [0.4, 0.5) is 0 Å². The van der Waals surface area contributed by atoms with Gasteiger partial charge < -0.3 is 9.32 Å². The molecular formula is C19H22NO3P. The molecule has 1 aromatic carbocycles. The van der Waals surface area contributed by atoms with Gasteiger partial charge in [0.25, 0.3) is 7.37 Å². The van der Waals surface area contributed by atoms with Crippen molar-refractivity contribution in [2.45, 2.75) is 20.0 Å². The molecule has 5 heteroatoms. The first-order valence-corrected chi connectivity index (χ1v) is 9.01. The van der Waals surface area contributed by atoms with E-state index in [1.807, 2.05) is 38.8 Å². The Labute approximate surface area is 143 Å². The molecule has 126 valence electrons. The summed E-state index contributed by atoms with van der Waals surface area (Å²) in [6.07, 6.45) is 6.49. The minimum atomic E-state index is -3.23. The molecule has 0 N–H and O–H groups in total. The van der Waals surface area contributed by atoms with Crippen LogP contribution in [0.5, 0.6) is 0 Å². The molecule has 1 aromatic heterocycles. The molecule has 0 spiro atoms. The summed E-state index contributed by atoms with van der Waals surface area (Å²) >= 11 is 0. The smallest absolute Gasteiger partial charge is 0.262 e. The molecule has 0 aliphatic rings. The fourth-order valence-corrected chi connectivity index (χ4v) is 4.77. The molecule has 0 amide bonds. The summed E-state index contributed by atoms with van der Waals surface area (Å²) in [6, 6.07) is 9.07. The lowest BCUT2D eigenvalue weighted by molar-refractivity contribution is -0.0979. The number of hydrogen-bond acceptors (Lipinski definition) is 4. The van der Waals surface area contributed by atoms with Gasteiger partial charge in [-0.05, 0) is 43.2 Å². The second-order valence-corrected chi connectivity index (χ2v) is 7.41. The first-order valence-electron chi connectivity index (χ1n) is 7.39. The van der Waals surface area contributed by atoms with Gasteiger partial charge in [-0.15, -0.1) is 0 Å². The molecule has 1 heterocycles. The van der Waals surface area contributed by atoms with E-state index in [9.17, 15) is 4.57 Å². The van der Waals surface area contributed by atoms with Gasteiger partial charge in [-0.3, -0.25) is 9.55 Å². The van der Waals surface area contributed by atoms with Gasteiger partial charge in [-0.25, -0.2) is 0 Å². The van der Waals surface area contributed by atoms with Gasteiger partial charge in [0.2, 0.25) is 0 Å². The molecular weight excluding hydrogens is 321 g/mol. The Morgan fingerprint density at radius 3 is 2.21 bits per heavy atom. The lowest BCUT2D eigenvalue weighted by Gasteiger charge is -2.24. The highest BCUT2D eigenvalue weighted by molar-refractivity contribution is 7.74. The van der Waals surface area contributed by atoms with Crippen LogP contribution in [0, 0.1) is 0 Å². The summed E-state index contributed by atoms with van der Waals surface area (Å²) in [7, 11) is -3.23. The van der Waals surface area contributed by atoms with Gasteiger partial charge in [-0.1, -0.05) is 37.4 Å². The number of carbonyl (C=O) groups excluding carboxylic acids is 1. The van der Waals surface area contributed by atoms with Crippen LogP contribution in [0.3, 0.4) is 0 Å². The molecule has 2 rings (SSSR count). The molecule has 1 unspecified atom stereocenters. The van der Waals surface area contributed by atoms with Crippen LogP contribution in [0.25, 0.3) is 12.2 Å². The number of rotatable bonds is 6. The molecule has 0 aliphatic carbocycles. The molecule has 4 nitrogen and oxygen atoms in total. The molecule has 0 saturated heterocycles. The van der Waals surface area contributed by atoms with Crippen LogP contribution in [-0.2, 0) is 13.9 Å². The Morgan fingerprint density at radius 2 is 1.71 bits per heavy atom. The van der Waals surface area contributed by atoms with Crippen LogP contribution in [0.1, 0.15) is 25.0 Å². The lowest BCUT2D eigenvalue weighted by atomic mass is 10.1. The molecule has 1 atom stereocenters. The summed E-state index contributed by atoms with van der Waals surface area (Å²) in [5.41, 5.74) is 1.67. The molecule has 2 aromatic rings. The van der Waals surface area contributed by atoms with E-state index >= 15 is 0 Å². The Kier molecular flexibility index (Phi) is 7.50. The fraction of sp³-hybridized carbons (Fsp3) is 0.158. The van der Waals surface area contributed by atoms with Crippen molar-refractivity contribution in [2.24, 2.45) is 0 Å². The molecule has 24 heavy (non-hydrogen) atoms. The summed E-state index contributed by atoms with van der Waals surface area (Å²) in [5, 5.41) is 1.26. The van der Waals surface area contributed by atoms with E-state index in [-0.39, 0.29) is 6.10 Å². The monoisotopic (exact) mass is 343 g/mol.